The Balaban J connectivity index is 1.97. The Kier molecular flexibility index (Phi) is 4.19. The van der Waals surface area contributed by atoms with E-state index in [4.69, 9.17) is 4.74 Å². The summed E-state index contributed by atoms with van der Waals surface area (Å²) >= 11 is 1.38. The maximum absolute atomic E-state index is 13.1. The summed E-state index contributed by atoms with van der Waals surface area (Å²) in [5.74, 6) is -0.605. The van der Waals surface area contributed by atoms with Gasteiger partial charge in [0, 0.05) is 6.54 Å². The van der Waals surface area contributed by atoms with Gasteiger partial charge in [0.2, 0.25) is 0 Å². The number of aliphatic hydroxyl groups is 1. The zero-order valence-corrected chi connectivity index (χ0v) is 12.8. The summed E-state index contributed by atoms with van der Waals surface area (Å²) in [6.45, 7) is 2.38. The lowest BCUT2D eigenvalue weighted by molar-refractivity contribution is -0.00482. The van der Waals surface area contributed by atoms with Crippen molar-refractivity contribution in [2.75, 3.05) is 19.8 Å². The van der Waals surface area contributed by atoms with Gasteiger partial charge in [0.05, 0.1) is 23.1 Å². The van der Waals surface area contributed by atoms with Gasteiger partial charge < -0.3 is 14.7 Å². The summed E-state index contributed by atoms with van der Waals surface area (Å²) < 4.78 is 18.4. The first kappa shape index (κ1) is 15.1. The molecule has 7 heteroatoms. The Morgan fingerprint density at radius 2 is 2.23 bits per heavy atom. The molecule has 0 saturated carbocycles. The summed E-state index contributed by atoms with van der Waals surface area (Å²) in [5, 5.41) is 10.0. The van der Waals surface area contributed by atoms with Crippen LogP contribution in [-0.4, -0.2) is 46.9 Å². The monoisotopic (exact) mass is 322 g/mol. The van der Waals surface area contributed by atoms with Gasteiger partial charge in [0.25, 0.3) is 5.91 Å². The van der Waals surface area contributed by atoms with E-state index in [9.17, 15) is 14.3 Å². The standard InChI is InChI=1S/C15H15FN2O3S/c1-9-17-13(15(20)18-6-7-21-12(18)8-19)14(22-9)10-2-4-11(16)5-3-10/h2-5,12,19H,6-8H2,1H3. The fourth-order valence-corrected chi connectivity index (χ4v) is 3.33. The van der Waals surface area contributed by atoms with Crippen molar-refractivity contribution < 1.29 is 19.0 Å². The van der Waals surface area contributed by atoms with Crippen molar-refractivity contribution in [2.45, 2.75) is 13.2 Å². The maximum atomic E-state index is 13.1. The van der Waals surface area contributed by atoms with Crippen LogP contribution in [0.3, 0.4) is 0 Å². The third kappa shape index (κ3) is 2.75. The van der Waals surface area contributed by atoms with Gasteiger partial charge in [-0.1, -0.05) is 12.1 Å². The number of benzene rings is 1. The van der Waals surface area contributed by atoms with Gasteiger partial charge in [-0.05, 0) is 24.6 Å². The van der Waals surface area contributed by atoms with Crippen molar-refractivity contribution in [1.82, 2.24) is 9.88 Å². The average molecular weight is 322 g/mol. The topological polar surface area (TPSA) is 62.7 Å². The predicted octanol–water partition coefficient (Wildman–Crippen LogP) is 2.05. The summed E-state index contributed by atoms with van der Waals surface area (Å²) in [6.07, 6.45) is -0.629. The molecular weight excluding hydrogens is 307 g/mol. The van der Waals surface area contributed by atoms with E-state index >= 15 is 0 Å². The van der Waals surface area contributed by atoms with Crippen LogP contribution in [0, 0.1) is 12.7 Å². The molecule has 3 rings (SSSR count). The average Bonchev–Trinajstić information content (AvgIpc) is 3.13. The molecular formula is C15H15FN2O3S. The van der Waals surface area contributed by atoms with E-state index in [0.717, 1.165) is 10.6 Å². The van der Waals surface area contributed by atoms with Crippen LogP contribution in [-0.2, 0) is 4.74 Å². The lowest BCUT2D eigenvalue weighted by Gasteiger charge is -2.20. The second kappa shape index (κ2) is 6.12. The van der Waals surface area contributed by atoms with Crippen LogP contribution in [0.15, 0.2) is 24.3 Å². The highest BCUT2D eigenvalue weighted by Crippen LogP contribution is 2.31. The third-order valence-corrected chi connectivity index (χ3v) is 4.47. The van der Waals surface area contributed by atoms with Crippen molar-refractivity contribution in [3.63, 3.8) is 0 Å². The number of rotatable bonds is 3. The summed E-state index contributed by atoms with van der Waals surface area (Å²) in [4.78, 5) is 19.2. The van der Waals surface area contributed by atoms with Crippen LogP contribution in [0.25, 0.3) is 10.4 Å². The van der Waals surface area contributed by atoms with E-state index in [0.29, 0.717) is 23.7 Å². The first-order chi connectivity index (χ1) is 10.6. The molecule has 5 nitrogen and oxygen atoms in total. The molecule has 116 valence electrons. The number of ether oxygens (including phenoxy) is 1. The van der Waals surface area contributed by atoms with Crippen molar-refractivity contribution in [2.24, 2.45) is 0 Å². The molecule has 1 atom stereocenters. The van der Waals surface area contributed by atoms with Crippen molar-refractivity contribution in [1.29, 1.82) is 0 Å². The fraction of sp³-hybridized carbons (Fsp3) is 0.333. The molecule has 1 amide bonds. The number of hydrogen-bond acceptors (Lipinski definition) is 5. The Hall–Kier alpha value is -1.83. The third-order valence-electron chi connectivity index (χ3n) is 3.45. The first-order valence-corrected chi connectivity index (χ1v) is 7.68. The molecule has 0 radical (unpaired) electrons. The van der Waals surface area contributed by atoms with E-state index in [1.165, 1.54) is 28.4 Å². The van der Waals surface area contributed by atoms with Crippen LogP contribution in [0.4, 0.5) is 4.39 Å². The van der Waals surface area contributed by atoms with Gasteiger partial charge in [0.15, 0.2) is 6.23 Å². The number of carbonyl (C=O) groups excluding carboxylic acids is 1. The minimum Gasteiger partial charge on any atom is -0.392 e. The SMILES string of the molecule is Cc1nc(C(=O)N2CCOC2CO)c(-c2ccc(F)cc2)s1. The quantitative estimate of drug-likeness (QED) is 0.939. The van der Waals surface area contributed by atoms with Crippen LogP contribution in [0.2, 0.25) is 0 Å². The van der Waals surface area contributed by atoms with E-state index in [2.05, 4.69) is 4.98 Å². The van der Waals surface area contributed by atoms with Gasteiger partial charge in [-0.2, -0.15) is 0 Å². The zero-order chi connectivity index (χ0) is 15.7. The maximum Gasteiger partial charge on any atom is 0.276 e. The van der Waals surface area contributed by atoms with Crippen molar-refractivity contribution in [3.8, 4) is 10.4 Å². The van der Waals surface area contributed by atoms with Crippen LogP contribution in [0.5, 0.6) is 0 Å². The molecule has 0 spiro atoms. The number of amides is 1. The first-order valence-electron chi connectivity index (χ1n) is 6.87. The van der Waals surface area contributed by atoms with Crippen LogP contribution < -0.4 is 0 Å². The smallest absolute Gasteiger partial charge is 0.276 e. The highest BCUT2D eigenvalue weighted by Gasteiger charge is 2.32. The summed E-state index contributed by atoms with van der Waals surface area (Å²) in [6, 6.07) is 5.97. The molecule has 0 bridgehead atoms. The van der Waals surface area contributed by atoms with Gasteiger partial charge in [-0.15, -0.1) is 11.3 Å². The molecule has 1 aromatic carbocycles. The largest absolute Gasteiger partial charge is 0.392 e. The van der Waals surface area contributed by atoms with E-state index in [-0.39, 0.29) is 18.3 Å². The number of aryl methyl sites for hydroxylation is 1. The summed E-state index contributed by atoms with van der Waals surface area (Å²) in [5.41, 5.74) is 1.06. The molecule has 1 N–H and O–H groups in total. The molecule has 1 unspecified atom stereocenters. The molecule has 2 heterocycles. The number of aromatic nitrogens is 1. The number of hydrogen-bond donors (Lipinski definition) is 1. The fourth-order valence-electron chi connectivity index (χ4n) is 2.41. The number of nitrogens with zero attached hydrogens (tertiary/aromatic N) is 2. The molecule has 1 aliphatic rings. The normalized spacial score (nSPS) is 18.0. The number of aliphatic hydroxyl groups excluding tert-OH is 1. The zero-order valence-electron chi connectivity index (χ0n) is 12.0. The molecule has 0 aliphatic carbocycles. The van der Waals surface area contributed by atoms with Crippen molar-refractivity contribution in [3.05, 3.63) is 40.8 Å². The van der Waals surface area contributed by atoms with Gasteiger partial charge >= 0.3 is 0 Å². The van der Waals surface area contributed by atoms with Crippen LogP contribution >= 0.6 is 11.3 Å². The Labute approximate surface area is 131 Å². The lowest BCUT2D eigenvalue weighted by atomic mass is 10.1. The molecule has 1 fully saturated rings. The Morgan fingerprint density at radius 1 is 1.50 bits per heavy atom. The van der Waals surface area contributed by atoms with E-state index < -0.39 is 6.23 Å². The Morgan fingerprint density at radius 3 is 2.91 bits per heavy atom. The highest BCUT2D eigenvalue weighted by atomic mass is 32.1. The predicted molar refractivity (Wildman–Crippen MR) is 80.1 cm³/mol. The van der Waals surface area contributed by atoms with Gasteiger partial charge in [-0.25, -0.2) is 9.37 Å². The molecule has 1 aliphatic heterocycles. The Bertz CT molecular complexity index is 687. The minimum absolute atomic E-state index is 0.249. The van der Waals surface area contributed by atoms with Gasteiger partial charge in [0.1, 0.15) is 11.5 Å². The second-order valence-corrected chi connectivity index (χ2v) is 6.13. The van der Waals surface area contributed by atoms with E-state index in [1.807, 2.05) is 6.92 Å². The molecule has 22 heavy (non-hydrogen) atoms. The van der Waals surface area contributed by atoms with Crippen LogP contribution in [0.1, 0.15) is 15.5 Å². The minimum atomic E-state index is -0.629. The lowest BCUT2D eigenvalue weighted by Crippen LogP contribution is -2.38. The molecule has 1 aromatic heterocycles. The number of thiazole rings is 1. The number of halogens is 1. The van der Waals surface area contributed by atoms with Crippen molar-refractivity contribution >= 4 is 17.2 Å². The summed E-state index contributed by atoms with van der Waals surface area (Å²) in [7, 11) is 0. The van der Waals surface area contributed by atoms with Gasteiger partial charge in [-0.3, -0.25) is 4.79 Å². The molecule has 1 saturated heterocycles. The number of carbonyl (C=O) groups is 1. The second-order valence-electron chi connectivity index (χ2n) is 4.92. The van der Waals surface area contributed by atoms with E-state index in [1.54, 1.807) is 12.1 Å². The molecule has 2 aromatic rings. The highest BCUT2D eigenvalue weighted by molar-refractivity contribution is 7.15.